The van der Waals surface area contributed by atoms with Gasteiger partial charge < -0.3 is 10.0 Å². The minimum Gasteiger partial charge on any atom is -0.507 e. The molecule has 22 heavy (non-hydrogen) atoms. The molecule has 0 spiro atoms. The Morgan fingerprint density at radius 1 is 1.00 bits per heavy atom. The number of aromatic hydroxyl groups is 1. The highest BCUT2D eigenvalue weighted by Gasteiger charge is 2.31. The van der Waals surface area contributed by atoms with Gasteiger partial charge in [-0.1, -0.05) is 42.5 Å². The van der Waals surface area contributed by atoms with Crippen molar-refractivity contribution in [3.63, 3.8) is 0 Å². The van der Waals surface area contributed by atoms with E-state index in [0.29, 0.717) is 11.6 Å². The highest BCUT2D eigenvalue weighted by molar-refractivity contribution is 6.19. The first-order chi connectivity index (χ1) is 10.8. The summed E-state index contributed by atoms with van der Waals surface area (Å²) in [5.74, 6) is 1.17. The van der Waals surface area contributed by atoms with Crippen molar-refractivity contribution < 1.29 is 5.11 Å². The summed E-state index contributed by atoms with van der Waals surface area (Å²) in [6.07, 6.45) is 0. The monoisotopic (exact) mass is 309 g/mol. The van der Waals surface area contributed by atoms with E-state index in [4.69, 9.17) is 11.6 Å². The van der Waals surface area contributed by atoms with Gasteiger partial charge in [-0.3, -0.25) is 0 Å². The first-order valence-electron chi connectivity index (χ1n) is 7.42. The van der Waals surface area contributed by atoms with Crippen LogP contribution in [0.4, 0.5) is 11.4 Å². The van der Waals surface area contributed by atoms with E-state index in [0.717, 1.165) is 28.7 Å². The molecule has 1 aliphatic heterocycles. The van der Waals surface area contributed by atoms with Gasteiger partial charge in [-0.2, -0.15) is 0 Å². The zero-order valence-corrected chi connectivity index (χ0v) is 12.8. The number of phenolic OH excluding ortho intramolecular Hbond substituents is 1. The topological polar surface area (TPSA) is 23.5 Å². The highest BCUT2D eigenvalue weighted by Crippen LogP contribution is 2.47. The predicted octanol–water partition coefficient (Wildman–Crippen LogP) is 5.02. The first-order valence-corrected chi connectivity index (χ1v) is 7.96. The maximum atomic E-state index is 10.4. The molecule has 1 N–H and O–H groups in total. The minimum absolute atomic E-state index is 0.266. The molecule has 4 rings (SSSR count). The van der Waals surface area contributed by atoms with Crippen LogP contribution in [-0.2, 0) is 0 Å². The van der Waals surface area contributed by atoms with E-state index >= 15 is 0 Å². The van der Waals surface area contributed by atoms with Crippen LogP contribution in [0.25, 0.3) is 10.8 Å². The van der Waals surface area contributed by atoms with Crippen LogP contribution in [0.1, 0.15) is 11.5 Å². The number of para-hydroxylation sites is 1. The Balaban J connectivity index is 1.98. The lowest BCUT2D eigenvalue weighted by atomic mass is 9.95. The van der Waals surface area contributed by atoms with E-state index in [9.17, 15) is 5.11 Å². The summed E-state index contributed by atoms with van der Waals surface area (Å²) >= 11 is 6.24. The Bertz CT molecular complexity index is 831. The lowest BCUT2D eigenvalue weighted by molar-refractivity contribution is 0.482. The van der Waals surface area contributed by atoms with Crippen molar-refractivity contribution >= 4 is 33.7 Å². The molecule has 1 heterocycles. The van der Waals surface area contributed by atoms with Crippen LogP contribution < -0.4 is 4.90 Å². The van der Waals surface area contributed by atoms with E-state index in [1.54, 1.807) is 0 Å². The molecule has 110 valence electrons. The third-order valence-corrected chi connectivity index (χ3v) is 4.77. The molecule has 0 fully saturated rings. The van der Waals surface area contributed by atoms with Crippen LogP contribution in [0.5, 0.6) is 5.75 Å². The zero-order valence-electron chi connectivity index (χ0n) is 12.0. The second kappa shape index (κ2) is 5.22. The number of anilines is 2. The van der Waals surface area contributed by atoms with E-state index in [1.807, 2.05) is 42.5 Å². The fraction of sp³-hybridized carbons (Fsp3) is 0.158. The number of benzene rings is 3. The first kappa shape index (κ1) is 13.5. The molecule has 0 aromatic heterocycles. The Morgan fingerprint density at radius 3 is 2.41 bits per heavy atom. The third-order valence-electron chi connectivity index (χ3n) is 4.40. The van der Waals surface area contributed by atoms with Gasteiger partial charge in [0, 0.05) is 41.2 Å². The fourth-order valence-electron chi connectivity index (χ4n) is 3.41. The lowest BCUT2D eigenvalue weighted by Gasteiger charge is -2.20. The van der Waals surface area contributed by atoms with Gasteiger partial charge >= 0.3 is 0 Å². The van der Waals surface area contributed by atoms with Crippen LogP contribution in [0.15, 0.2) is 60.7 Å². The average Bonchev–Trinajstić information content (AvgIpc) is 2.94. The molecule has 0 unspecified atom stereocenters. The molecule has 2 nitrogen and oxygen atoms in total. The van der Waals surface area contributed by atoms with Gasteiger partial charge in [-0.05, 0) is 23.1 Å². The van der Waals surface area contributed by atoms with E-state index in [2.05, 4.69) is 23.1 Å². The standard InChI is InChI=1S/C19H16ClNO/c20-11-13-12-21(14-6-2-1-3-7-14)17-10-18(22)15-8-4-5-9-16(15)19(13)17/h1-10,13,22H,11-12H2/t13-/m1/s1. The van der Waals surface area contributed by atoms with E-state index < -0.39 is 0 Å². The zero-order chi connectivity index (χ0) is 15.1. The predicted molar refractivity (Wildman–Crippen MR) is 92.5 cm³/mol. The summed E-state index contributed by atoms with van der Waals surface area (Å²) in [5, 5.41) is 12.4. The molecule has 1 aliphatic rings. The van der Waals surface area contributed by atoms with Crippen molar-refractivity contribution in [3.8, 4) is 5.75 Å². The lowest BCUT2D eigenvalue weighted by Crippen LogP contribution is -2.15. The molecule has 3 heteroatoms. The van der Waals surface area contributed by atoms with Gasteiger partial charge in [-0.25, -0.2) is 0 Å². The summed E-state index contributed by atoms with van der Waals surface area (Å²) in [6.45, 7) is 0.844. The van der Waals surface area contributed by atoms with Crippen LogP contribution in [0.3, 0.4) is 0 Å². The van der Waals surface area contributed by atoms with Crippen LogP contribution in [0, 0.1) is 0 Å². The highest BCUT2D eigenvalue weighted by atomic mass is 35.5. The number of nitrogens with zero attached hydrogens (tertiary/aromatic N) is 1. The second-order valence-corrected chi connectivity index (χ2v) is 5.98. The van der Waals surface area contributed by atoms with Crippen LogP contribution >= 0.6 is 11.6 Å². The maximum Gasteiger partial charge on any atom is 0.125 e. The number of rotatable bonds is 2. The molecular formula is C19H16ClNO. The van der Waals surface area contributed by atoms with Gasteiger partial charge in [0.25, 0.3) is 0 Å². The molecule has 0 bridgehead atoms. The SMILES string of the molecule is Oc1cc2c(c3ccccc13)[C@H](CCl)CN2c1ccccc1. The Kier molecular flexibility index (Phi) is 3.20. The number of phenols is 1. The van der Waals surface area contributed by atoms with Crippen molar-refractivity contribution in [2.75, 3.05) is 17.3 Å². The molecule has 0 amide bonds. The van der Waals surface area contributed by atoms with Crippen LogP contribution in [-0.4, -0.2) is 17.5 Å². The minimum atomic E-state index is 0.266. The summed E-state index contributed by atoms with van der Waals surface area (Å²) in [7, 11) is 0. The second-order valence-electron chi connectivity index (χ2n) is 5.67. The fourth-order valence-corrected chi connectivity index (χ4v) is 3.66. The molecule has 0 radical (unpaired) electrons. The van der Waals surface area contributed by atoms with Gasteiger partial charge in [0.1, 0.15) is 5.75 Å². The normalized spacial score (nSPS) is 17.0. The van der Waals surface area contributed by atoms with Crippen molar-refractivity contribution in [3.05, 3.63) is 66.2 Å². The molecule has 1 atom stereocenters. The van der Waals surface area contributed by atoms with Gasteiger partial charge in [0.15, 0.2) is 0 Å². The van der Waals surface area contributed by atoms with E-state index in [1.165, 1.54) is 5.56 Å². The van der Waals surface area contributed by atoms with E-state index in [-0.39, 0.29) is 5.92 Å². The van der Waals surface area contributed by atoms with Crippen molar-refractivity contribution in [2.45, 2.75) is 5.92 Å². The molecular weight excluding hydrogens is 294 g/mol. The summed E-state index contributed by atoms with van der Waals surface area (Å²) in [5.41, 5.74) is 3.44. The van der Waals surface area contributed by atoms with Crippen LogP contribution in [0.2, 0.25) is 0 Å². The van der Waals surface area contributed by atoms with Crippen molar-refractivity contribution in [2.24, 2.45) is 0 Å². The summed E-state index contributed by atoms with van der Waals surface area (Å²) in [4.78, 5) is 2.24. The van der Waals surface area contributed by atoms with Gasteiger partial charge in [0.2, 0.25) is 0 Å². The van der Waals surface area contributed by atoms with Gasteiger partial charge in [-0.15, -0.1) is 11.6 Å². The average molecular weight is 310 g/mol. The Labute approximate surface area is 134 Å². The molecule has 0 saturated carbocycles. The van der Waals surface area contributed by atoms with Crippen molar-refractivity contribution in [1.82, 2.24) is 0 Å². The number of hydrogen-bond acceptors (Lipinski definition) is 2. The molecule has 0 aliphatic carbocycles. The molecule has 3 aromatic rings. The molecule has 3 aromatic carbocycles. The number of hydrogen-bond donors (Lipinski definition) is 1. The Hall–Kier alpha value is -2.19. The number of fused-ring (bicyclic) bond motifs is 3. The summed E-state index contributed by atoms with van der Waals surface area (Å²) < 4.78 is 0. The maximum absolute atomic E-state index is 10.4. The van der Waals surface area contributed by atoms with Crippen molar-refractivity contribution in [1.29, 1.82) is 0 Å². The smallest absolute Gasteiger partial charge is 0.125 e. The number of alkyl halides is 1. The van der Waals surface area contributed by atoms with Gasteiger partial charge in [0.05, 0.1) is 0 Å². The third kappa shape index (κ3) is 1.95. The summed E-state index contributed by atoms with van der Waals surface area (Å²) in [6, 6.07) is 20.1. The largest absolute Gasteiger partial charge is 0.507 e. The Morgan fingerprint density at radius 2 is 1.68 bits per heavy atom. The quantitative estimate of drug-likeness (QED) is 0.672. The number of halogens is 1. The molecule has 0 saturated heterocycles.